The van der Waals surface area contributed by atoms with Crippen molar-refractivity contribution in [2.45, 2.75) is 85.3 Å². The van der Waals surface area contributed by atoms with Crippen LogP contribution in [0.3, 0.4) is 0 Å². The maximum absolute atomic E-state index is 13.7. The summed E-state index contributed by atoms with van der Waals surface area (Å²) >= 11 is 0. The number of carbonyl (C=O) groups is 2. The van der Waals surface area contributed by atoms with Crippen molar-refractivity contribution in [2.75, 3.05) is 0 Å². The predicted molar refractivity (Wildman–Crippen MR) is 166 cm³/mol. The van der Waals surface area contributed by atoms with Crippen molar-refractivity contribution >= 4 is 22.8 Å². The zero-order valence-electron chi connectivity index (χ0n) is 25.7. The highest BCUT2D eigenvalue weighted by Crippen LogP contribution is 2.41. The summed E-state index contributed by atoms with van der Waals surface area (Å²) in [5.74, 6) is 0.00981. The molecule has 0 unspecified atom stereocenters. The lowest BCUT2D eigenvalue weighted by Crippen LogP contribution is -2.42. The maximum atomic E-state index is 13.7. The van der Waals surface area contributed by atoms with Gasteiger partial charge in [0, 0.05) is 10.9 Å². The first kappa shape index (κ1) is 28.8. The van der Waals surface area contributed by atoms with Crippen molar-refractivity contribution in [3.63, 3.8) is 0 Å². The SMILES string of the molecule is CCc1c2c(nc3ccc(OC(=O)[C@@H](C)c4ccc(CC(C)C)cc4)cc13)-c1cc3c(c(=O)n1C2)COC(=O)[C@]3(C)CC. The van der Waals surface area contributed by atoms with Crippen LogP contribution in [0.15, 0.2) is 53.3 Å². The van der Waals surface area contributed by atoms with Crippen molar-refractivity contribution < 1.29 is 19.1 Å². The highest BCUT2D eigenvalue weighted by atomic mass is 16.5. The summed E-state index contributed by atoms with van der Waals surface area (Å²) in [7, 11) is 0. The van der Waals surface area contributed by atoms with E-state index in [0.29, 0.717) is 36.6 Å². The Morgan fingerprint density at radius 2 is 1.79 bits per heavy atom. The minimum Gasteiger partial charge on any atom is -0.460 e. The number of fused-ring (bicyclic) bond motifs is 5. The largest absolute Gasteiger partial charge is 0.460 e. The summed E-state index contributed by atoms with van der Waals surface area (Å²) in [5.41, 5.74) is 6.76. The molecule has 0 fully saturated rings. The van der Waals surface area contributed by atoms with Gasteiger partial charge in [-0.15, -0.1) is 0 Å². The van der Waals surface area contributed by atoms with Crippen LogP contribution in [-0.2, 0) is 45.7 Å². The second-order valence-corrected chi connectivity index (χ2v) is 12.5. The van der Waals surface area contributed by atoms with Crippen molar-refractivity contribution in [1.82, 2.24) is 9.55 Å². The lowest BCUT2D eigenvalue weighted by Gasteiger charge is -2.33. The van der Waals surface area contributed by atoms with E-state index in [0.717, 1.165) is 51.0 Å². The zero-order chi connectivity index (χ0) is 30.6. The smallest absolute Gasteiger partial charge is 0.318 e. The fourth-order valence-corrected chi connectivity index (χ4v) is 6.53. The molecule has 2 aromatic heterocycles. The lowest BCUT2D eigenvalue weighted by molar-refractivity contribution is -0.153. The van der Waals surface area contributed by atoms with Gasteiger partial charge in [-0.05, 0) is 85.5 Å². The minimum atomic E-state index is -0.873. The third kappa shape index (κ3) is 4.75. The van der Waals surface area contributed by atoms with Crippen LogP contribution in [0, 0.1) is 5.92 Å². The molecule has 2 aliphatic heterocycles. The molecule has 6 rings (SSSR count). The Morgan fingerprint density at radius 1 is 1.05 bits per heavy atom. The number of hydrogen-bond donors (Lipinski definition) is 0. The quantitative estimate of drug-likeness (QED) is 0.159. The Bertz CT molecular complexity index is 1840. The van der Waals surface area contributed by atoms with Crippen molar-refractivity contribution in [1.29, 1.82) is 0 Å². The average Bonchev–Trinajstić information content (AvgIpc) is 3.36. The van der Waals surface area contributed by atoms with E-state index in [1.165, 1.54) is 5.56 Å². The van der Waals surface area contributed by atoms with E-state index in [9.17, 15) is 14.4 Å². The maximum Gasteiger partial charge on any atom is 0.318 e. The van der Waals surface area contributed by atoms with Crippen molar-refractivity contribution in [3.05, 3.63) is 92.3 Å². The Hall–Kier alpha value is -4.26. The van der Waals surface area contributed by atoms with E-state index in [-0.39, 0.29) is 24.1 Å². The normalized spacial score (nSPS) is 17.8. The van der Waals surface area contributed by atoms with Crippen molar-refractivity contribution in [3.8, 4) is 17.1 Å². The highest BCUT2D eigenvalue weighted by Gasteiger charge is 2.43. The predicted octanol–water partition coefficient (Wildman–Crippen LogP) is 6.62. The number of benzene rings is 2. The third-order valence-corrected chi connectivity index (χ3v) is 9.28. The number of ether oxygens (including phenoxy) is 2. The number of nitrogens with zero attached hydrogens (tertiary/aromatic N) is 2. The Morgan fingerprint density at radius 3 is 2.47 bits per heavy atom. The van der Waals surface area contributed by atoms with E-state index < -0.39 is 11.3 Å². The molecule has 2 aromatic carbocycles. The van der Waals surface area contributed by atoms with Crippen LogP contribution in [0.4, 0.5) is 0 Å². The topological polar surface area (TPSA) is 87.5 Å². The fourth-order valence-electron chi connectivity index (χ4n) is 6.53. The summed E-state index contributed by atoms with van der Waals surface area (Å²) in [4.78, 5) is 44.6. The molecule has 222 valence electrons. The third-order valence-electron chi connectivity index (χ3n) is 9.28. The number of esters is 2. The Kier molecular flexibility index (Phi) is 7.23. The monoisotopic (exact) mass is 578 g/mol. The zero-order valence-corrected chi connectivity index (χ0v) is 25.7. The summed E-state index contributed by atoms with van der Waals surface area (Å²) in [5, 5.41) is 0.903. The highest BCUT2D eigenvalue weighted by molar-refractivity contribution is 5.91. The molecule has 43 heavy (non-hydrogen) atoms. The average molecular weight is 579 g/mol. The van der Waals surface area contributed by atoms with Crippen LogP contribution in [0.25, 0.3) is 22.3 Å². The molecule has 7 heteroatoms. The number of aromatic nitrogens is 2. The number of carbonyl (C=O) groups excluding carboxylic acids is 2. The molecular formula is C36H38N2O5. The van der Waals surface area contributed by atoms with Gasteiger partial charge in [0.05, 0.1) is 40.3 Å². The Labute approximate surface area is 251 Å². The molecule has 2 atom stereocenters. The van der Waals surface area contributed by atoms with E-state index >= 15 is 0 Å². The number of pyridine rings is 2. The van der Waals surface area contributed by atoms with E-state index in [4.69, 9.17) is 14.5 Å². The van der Waals surface area contributed by atoms with E-state index in [2.05, 4.69) is 32.9 Å². The van der Waals surface area contributed by atoms with Gasteiger partial charge >= 0.3 is 11.9 Å². The minimum absolute atomic E-state index is 0.00943. The van der Waals surface area contributed by atoms with Gasteiger partial charge in [-0.2, -0.15) is 0 Å². The van der Waals surface area contributed by atoms with E-state index in [1.54, 1.807) is 10.6 Å². The van der Waals surface area contributed by atoms with Gasteiger partial charge in [0.15, 0.2) is 0 Å². The first-order valence-corrected chi connectivity index (χ1v) is 15.3. The van der Waals surface area contributed by atoms with Crippen LogP contribution in [0.5, 0.6) is 5.75 Å². The molecule has 0 amide bonds. The molecule has 4 aromatic rings. The molecule has 0 radical (unpaired) electrons. The summed E-state index contributed by atoms with van der Waals surface area (Å²) < 4.78 is 13.1. The molecule has 2 aliphatic rings. The van der Waals surface area contributed by atoms with Gasteiger partial charge in [0.2, 0.25) is 0 Å². The standard InChI is InChI=1S/C36H38N2O5/c1-7-25-26-16-24(43-34(40)21(5)23-11-9-22(10-12-23)15-20(3)4)13-14-30(26)37-32-27(25)18-38-31(32)17-29-28(33(38)39)19-42-35(41)36(29,6)8-2/h9-14,16-17,20-21H,7-8,15,18-19H2,1-6H3/t21-,36+/m0/s1. The molecule has 4 heterocycles. The number of hydrogen-bond acceptors (Lipinski definition) is 6. The van der Waals surface area contributed by atoms with Gasteiger partial charge in [-0.25, -0.2) is 4.98 Å². The molecule has 0 saturated heterocycles. The molecule has 0 N–H and O–H groups in total. The summed E-state index contributed by atoms with van der Waals surface area (Å²) in [6.45, 7) is 12.5. The number of rotatable bonds is 7. The first-order chi connectivity index (χ1) is 20.5. The second-order valence-electron chi connectivity index (χ2n) is 12.5. The lowest BCUT2D eigenvalue weighted by atomic mass is 9.76. The van der Waals surface area contributed by atoms with Gasteiger partial charge in [-0.1, -0.05) is 52.0 Å². The Balaban J connectivity index is 1.34. The van der Waals surface area contributed by atoms with Gasteiger partial charge in [0.1, 0.15) is 12.4 Å². The molecule has 0 saturated carbocycles. The molecule has 0 aliphatic carbocycles. The van der Waals surface area contributed by atoms with Gasteiger partial charge in [-0.3, -0.25) is 14.4 Å². The van der Waals surface area contributed by atoms with Crippen LogP contribution in [-0.4, -0.2) is 21.5 Å². The molecule has 0 bridgehead atoms. The van der Waals surface area contributed by atoms with Gasteiger partial charge in [0.25, 0.3) is 5.56 Å². The molecular weight excluding hydrogens is 540 g/mol. The van der Waals surface area contributed by atoms with Gasteiger partial charge < -0.3 is 14.0 Å². The fraction of sp³-hybridized carbons (Fsp3) is 0.389. The second kappa shape index (κ2) is 10.8. The summed E-state index contributed by atoms with van der Waals surface area (Å²) in [6, 6.07) is 15.7. The first-order valence-electron chi connectivity index (χ1n) is 15.3. The molecule has 0 spiro atoms. The molecule has 7 nitrogen and oxygen atoms in total. The number of cyclic esters (lactones) is 1. The number of aryl methyl sites for hydroxylation is 1. The van der Waals surface area contributed by atoms with E-state index in [1.807, 2.05) is 51.1 Å². The summed E-state index contributed by atoms with van der Waals surface area (Å²) in [6.07, 6.45) is 2.25. The van der Waals surface area contributed by atoms with Crippen molar-refractivity contribution in [2.24, 2.45) is 5.92 Å². The van der Waals surface area contributed by atoms with Crippen LogP contribution < -0.4 is 10.3 Å². The van der Waals surface area contributed by atoms with Crippen LogP contribution >= 0.6 is 0 Å². The van der Waals surface area contributed by atoms with Crippen LogP contribution in [0.2, 0.25) is 0 Å². The van der Waals surface area contributed by atoms with Crippen LogP contribution in [0.1, 0.15) is 87.3 Å².